The minimum atomic E-state index is -3.77. The fraction of sp³-hybridized carbons (Fsp3) is 0.143. The highest BCUT2D eigenvalue weighted by molar-refractivity contribution is 7.89. The quantitative estimate of drug-likeness (QED) is 0.644. The third-order valence-electron chi connectivity index (χ3n) is 4.24. The van der Waals surface area contributed by atoms with E-state index in [9.17, 15) is 13.2 Å². The Morgan fingerprint density at radius 2 is 1.71 bits per heavy atom. The molecule has 0 unspecified atom stereocenters. The van der Waals surface area contributed by atoms with Crippen LogP contribution in [0.3, 0.4) is 0 Å². The summed E-state index contributed by atoms with van der Waals surface area (Å²) in [5.41, 5.74) is 2.05. The van der Waals surface area contributed by atoms with E-state index in [2.05, 4.69) is 15.0 Å². The number of hydrogen-bond donors (Lipinski definition) is 2. The Balaban J connectivity index is 1.71. The Morgan fingerprint density at radius 3 is 2.43 bits per heavy atom. The Bertz CT molecular complexity index is 1040. The summed E-state index contributed by atoms with van der Waals surface area (Å²) in [6.07, 6.45) is 3.29. The molecule has 0 bridgehead atoms. The molecule has 0 fully saturated rings. The van der Waals surface area contributed by atoms with Gasteiger partial charge in [0.1, 0.15) is 0 Å². The third kappa shape index (κ3) is 5.03. The van der Waals surface area contributed by atoms with Gasteiger partial charge in [-0.3, -0.25) is 9.78 Å². The van der Waals surface area contributed by atoms with Crippen molar-refractivity contribution in [2.24, 2.45) is 0 Å². The fourth-order valence-electron chi connectivity index (χ4n) is 2.70. The van der Waals surface area contributed by atoms with E-state index in [4.69, 9.17) is 0 Å². The average molecular weight is 395 g/mol. The number of benzene rings is 2. The topological polar surface area (TPSA) is 88.2 Å². The van der Waals surface area contributed by atoms with Crippen LogP contribution in [0.15, 0.2) is 84.0 Å². The Kier molecular flexibility index (Phi) is 6.18. The van der Waals surface area contributed by atoms with Crippen molar-refractivity contribution in [2.45, 2.75) is 24.4 Å². The number of rotatable bonds is 7. The first-order valence-corrected chi connectivity index (χ1v) is 10.3. The summed E-state index contributed by atoms with van der Waals surface area (Å²) in [5.74, 6) is -0.343. The zero-order chi connectivity index (χ0) is 20.0. The smallest absolute Gasteiger partial charge is 0.251 e. The summed E-state index contributed by atoms with van der Waals surface area (Å²) >= 11 is 0. The molecule has 2 N–H and O–H groups in total. The van der Waals surface area contributed by atoms with Crippen molar-refractivity contribution in [3.8, 4) is 0 Å². The molecule has 0 saturated carbocycles. The maximum Gasteiger partial charge on any atom is 0.251 e. The molecule has 1 atom stereocenters. The van der Waals surface area contributed by atoms with E-state index in [0.717, 1.165) is 11.1 Å². The van der Waals surface area contributed by atoms with Crippen LogP contribution in [0, 0.1) is 0 Å². The summed E-state index contributed by atoms with van der Waals surface area (Å²) in [4.78, 5) is 16.4. The highest BCUT2D eigenvalue weighted by atomic mass is 32.2. The van der Waals surface area contributed by atoms with Gasteiger partial charge in [-0.05, 0) is 48.4 Å². The second-order valence-corrected chi connectivity index (χ2v) is 8.03. The first kappa shape index (κ1) is 19.7. The molecule has 7 heteroatoms. The Morgan fingerprint density at radius 1 is 1.00 bits per heavy atom. The molecule has 1 aromatic heterocycles. The van der Waals surface area contributed by atoms with Crippen LogP contribution in [0.4, 0.5) is 0 Å². The highest BCUT2D eigenvalue weighted by Crippen LogP contribution is 2.17. The SMILES string of the molecule is C[C@H](NS(=O)(=O)c1cccc(C(=O)NCc2ccncc2)c1)c1ccccc1. The van der Waals surface area contributed by atoms with Gasteiger partial charge < -0.3 is 5.32 Å². The lowest BCUT2D eigenvalue weighted by atomic mass is 10.1. The predicted octanol–water partition coefficient (Wildman–Crippen LogP) is 3.05. The van der Waals surface area contributed by atoms with Crippen molar-refractivity contribution in [1.82, 2.24) is 15.0 Å². The van der Waals surface area contributed by atoms with Gasteiger partial charge in [-0.1, -0.05) is 36.4 Å². The van der Waals surface area contributed by atoms with Crippen molar-refractivity contribution in [1.29, 1.82) is 0 Å². The molecule has 6 nitrogen and oxygen atoms in total. The number of pyridine rings is 1. The second-order valence-electron chi connectivity index (χ2n) is 6.32. The van der Waals surface area contributed by atoms with Crippen LogP contribution < -0.4 is 10.0 Å². The number of sulfonamides is 1. The number of hydrogen-bond acceptors (Lipinski definition) is 4. The van der Waals surface area contributed by atoms with Gasteiger partial charge in [0.25, 0.3) is 5.91 Å². The van der Waals surface area contributed by atoms with Crippen molar-refractivity contribution >= 4 is 15.9 Å². The van der Waals surface area contributed by atoms with Gasteiger partial charge >= 0.3 is 0 Å². The average Bonchev–Trinajstić information content (AvgIpc) is 2.73. The van der Waals surface area contributed by atoms with E-state index in [1.807, 2.05) is 30.3 Å². The van der Waals surface area contributed by atoms with Gasteiger partial charge in [-0.15, -0.1) is 0 Å². The summed E-state index contributed by atoms with van der Waals surface area (Å²) in [6, 6.07) is 18.5. The number of amides is 1. The molecule has 1 heterocycles. The number of nitrogens with one attached hydrogen (secondary N) is 2. The number of carbonyl (C=O) groups is 1. The van der Waals surface area contributed by atoms with Gasteiger partial charge in [0.05, 0.1) is 4.90 Å². The normalized spacial score (nSPS) is 12.3. The molecule has 0 aliphatic heterocycles. The number of carbonyl (C=O) groups excluding carboxylic acids is 1. The van der Waals surface area contributed by atoms with Crippen LogP contribution in [0.2, 0.25) is 0 Å². The first-order valence-electron chi connectivity index (χ1n) is 8.80. The number of nitrogens with zero attached hydrogens (tertiary/aromatic N) is 1. The summed E-state index contributed by atoms with van der Waals surface area (Å²) < 4.78 is 28.1. The molecular weight excluding hydrogens is 374 g/mol. The van der Waals surface area contributed by atoms with E-state index in [1.165, 1.54) is 12.1 Å². The van der Waals surface area contributed by atoms with Crippen LogP contribution in [-0.4, -0.2) is 19.3 Å². The van der Waals surface area contributed by atoms with Crippen molar-refractivity contribution in [2.75, 3.05) is 0 Å². The van der Waals surface area contributed by atoms with E-state index in [-0.39, 0.29) is 16.4 Å². The van der Waals surface area contributed by atoms with Crippen LogP contribution in [0.5, 0.6) is 0 Å². The second kappa shape index (κ2) is 8.77. The molecule has 1 amide bonds. The largest absolute Gasteiger partial charge is 0.348 e. The van der Waals surface area contributed by atoms with Gasteiger partial charge in [-0.2, -0.15) is 0 Å². The minimum Gasteiger partial charge on any atom is -0.348 e. The molecule has 144 valence electrons. The maximum absolute atomic E-state index is 12.7. The lowest BCUT2D eigenvalue weighted by Crippen LogP contribution is -2.27. The molecule has 0 saturated heterocycles. The van der Waals surface area contributed by atoms with Crippen LogP contribution in [0.1, 0.15) is 34.5 Å². The third-order valence-corrected chi connectivity index (χ3v) is 5.78. The van der Waals surface area contributed by atoms with Crippen LogP contribution in [0.25, 0.3) is 0 Å². The lowest BCUT2D eigenvalue weighted by Gasteiger charge is -2.15. The molecule has 0 aliphatic carbocycles. The van der Waals surface area contributed by atoms with Gasteiger partial charge in [0.15, 0.2) is 0 Å². The molecule has 0 aliphatic rings. The van der Waals surface area contributed by atoms with Gasteiger partial charge in [0, 0.05) is 30.5 Å². The van der Waals surface area contributed by atoms with E-state index < -0.39 is 16.1 Å². The summed E-state index contributed by atoms with van der Waals surface area (Å²) in [5, 5.41) is 2.78. The molecule has 2 aromatic carbocycles. The molecular formula is C21H21N3O3S. The van der Waals surface area contributed by atoms with E-state index in [0.29, 0.717) is 6.54 Å². The zero-order valence-electron chi connectivity index (χ0n) is 15.4. The first-order chi connectivity index (χ1) is 13.5. The molecule has 3 rings (SSSR count). The molecule has 0 spiro atoms. The standard InChI is InChI=1S/C21H21N3O3S/c1-16(18-6-3-2-4-7-18)24-28(26,27)20-9-5-8-19(14-20)21(25)23-15-17-10-12-22-13-11-17/h2-14,16,24H,15H2,1H3,(H,23,25)/t16-/m0/s1. The van der Waals surface area contributed by atoms with Crippen molar-refractivity contribution in [3.05, 3.63) is 95.8 Å². The van der Waals surface area contributed by atoms with E-state index in [1.54, 1.807) is 43.6 Å². The van der Waals surface area contributed by atoms with Crippen molar-refractivity contribution < 1.29 is 13.2 Å². The summed E-state index contributed by atoms with van der Waals surface area (Å²) in [7, 11) is -3.77. The zero-order valence-corrected chi connectivity index (χ0v) is 16.2. The predicted molar refractivity (Wildman–Crippen MR) is 107 cm³/mol. The molecule has 3 aromatic rings. The van der Waals surface area contributed by atoms with Gasteiger partial charge in [0.2, 0.25) is 10.0 Å². The Labute approximate surface area is 164 Å². The van der Waals surface area contributed by atoms with Crippen molar-refractivity contribution in [3.63, 3.8) is 0 Å². The van der Waals surface area contributed by atoms with Crippen LogP contribution >= 0.6 is 0 Å². The number of aromatic nitrogens is 1. The van der Waals surface area contributed by atoms with E-state index >= 15 is 0 Å². The summed E-state index contributed by atoms with van der Waals surface area (Å²) in [6.45, 7) is 2.11. The van der Waals surface area contributed by atoms with Gasteiger partial charge in [-0.25, -0.2) is 13.1 Å². The molecule has 28 heavy (non-hydrogen) atoms. The maximum atomic E-state index is 12.7. The highest BCUT2D eigenvalue weighted by Gasteiger charge is 2.19. The lowest BCUT2D eigenvalue weighted by molar-refractivity contribution is 0.0950. The Hall–Kier alpha value is -3.03. The fourth-order valence-corrected chi connectivity index (χ4v) is 3.98. The molecule has 0 radical (unpaired) electrons. The monoisotopic (exact) mass is 395 g/mol. The minimum absolute atomic E-state index is 0.0480. The van der Waals surface area contributed by atoms with Crippen LogP contribution in [-0.2, 0) is 16.6 Å².